The molecule has 7 rings (SSSR count). The van der Waals surface area contributed by atoms with Crippen molar-refractivity contribution in [2.75, 3.05) is 0 Å². The summed E-state index contributed by atoms with van der Waals surface area (Å²) in [6.45, 7) is 2.29. The topological polar surface area (TPSA) is 43.8 Å². The smallest absolute Gasteiger partial charge is 0.157 e. The number of rotatable bonds is 3. The maximum Gasteiger partial charge on any atom is 0.157 e. The van der Waals surface area contributed by atoms with Crippen LogP contribution in [0.5, 0.6) is 0 Å². The van der Waals surface area contributed by atoms with Gasteiger partial charge in [-0.2, -0.15) is 5.10 Å². The van der Waals surface area contributed by atoms with Crippen molar-refractivity contribution in [3.05, 3.63) is 120 Å². The number of hydrogen-bond acceptors (Lipinski definition) is 2. The number of nitrogens with two attached hydrogens (primary N) is 1. The first-order chi connectivity index (χ1) is 18.1. The van der Waals surface area contributed by atoms with E-state index >= 15 is 4.39 Å². The highest BCUT2D eigenvalue weighted by Gasteiger charge is 2.19. The number of hydrogen-bond donors (Lipinski definition) is 1. The van der Waals surface area contributed by atoms with Gasteiger partial charge in [-0.3, -0.25) is 0 Å². The lowest BCUT2D eigenvalue weighted by molar-refractivity contribution is 0.635. The van der Waals surface area contributed by atoms with E-state index in [1.165, 1.54) is 21.9 Å². The zero-order valence-electron chi connectivity index (χ0n) is 20.4. The number of halogens is 1. The standard InChI is InChI=1S/C23H18FN3.C10H6/c1-3-17-8-4-5-10-20(17)21-12-11-19-15(2)26-27(23(19)22(21)24)18-9-6-7-16(13-18)14-25;1-2-4-9-7(3-1)5-8-6-10(8)9/h1,4-13H,14,25H2,2H3;1-6H. The van der Waals surface area contributed by atoms with Crippen LogP contribution in [0.1, 0.15) is 16.8 Å². The molecule has 0 fully saturated rings. The van der Waals surface area contributed by atoms with E-state index in [4.69, 9.17) is 12.2 Å². The summed E-state index contributed by atoms with van der Waals surface area (Å²) < 4.78 is 17.3. The molecule has 2 N–H and O–H groups in total. The van der Waals surface area contributed by atoms with Crippen LogP contribution < -0.4 is 5.73 Å². The molecule has 0 bridgehead atoms. The molecule has 0 radical (unpaired) electrons. The molecule has 1 aromatic heterocycles. The van der Waals surface area contributed by atoms with E-state index in [1.807, 2.05) is 61.5 Å². The van der Waals surface area contributed by atoms with Crippen molar-refractivity contribution in [1.29, 1.82) is 0 Å². The van der Waals surface area contributed by atoms with E-state index in [0.717, 1.165) is 22.3 Å². The van der Waals surface area contributed by atoms with Crippen molar-refractivity contribution in [3.8, 4) is 40.3 Å². The van der Waals surface area contributed by atoms with E-state index < -0.39 is 0 Å². The van der Waals surface area contributed by atoms with Crippen LogP contribution in [-0.4, -0.2) is 9.78 Å². The lowest BCUT2D eigenvalue weighted by atomic mass is 9.98. The van der Waals surface area contributed by atoms with Crippen molar-refractivity contribution >= 4 is 21.7 Å². The van der Waals surface area contributed by atoms with Gasteiger partial charge >= 0.3 is 0 Å². The summed E-state index contributed by atoms with van der Waals surface area (Å²) in [7, 11) is 0. The molecule has 0 amide bonds. The summed E-state index contributed by atoms with van der Waals surface area (Å²) in [4.78, 5) is 0. The van der Waals surface area contributed by atoms with Crippen molar-refractivity contribution in [1.82, 2.24) is 9.78 Å². The minimum Gasteiger partial charge on any atom is -0.326 e. The number of aryl methyl sites for hydroxylation is 1. The molecule has 1 heterocycles. The van der Waals surface area contributed by atoms with Crippen LogP contribution in [0.3, 0.4) is 0 Å². The van der Waals surface area contributed by atoms with Crippen molar-refractivity contribution < 1.29 is 4.39 Å². The minimum absolute atomic E-state index is 0.339. The molecule has 4 aromatic carbocycles. The first-order valence-electron chi connectivity index (χ1n) is 12.2. The first-order valence-corrected chi connectivity index (χ1v) is 12.2. The van der Waals surface area contributed by atoms with Crippen molar-refractivity contribution in [3.63, 3.8) is 0 Å². The number of nitrogens with zero attached hydrogens (tertiary/aromatic N) is 2. The Balaban J connectivity index is 0.000000207. The summed E-state index contributed by atoms with van der Waals surface area (Å²) in [6.07, 6.45) is 5.61. The van der Waals surface area contributed by atoms with E-state index in [0.29, 0.717) is 28.8 Å². The first kappa shape index (κ1) is 22.7. The Hall–Kier alpha value is -4.72. The van der Waals surface area contributed by atoms with Crippen molar-refractivity contribution in [2.45, 2.75) is 13.5 Å². The molecule has 0 aliphatic heterocycles. The van der Waals surface area contributed by atoms with Crippen LogP contribution in [0.25, 0.3) is 49.6 Å². The summed E-state index contributed by atoms with van der Waals surface area (Å²) in [5.74, 6) is 2.29. The van der Waals surface area contributed by atoms with E-state index in [1.54, 1.807) is 10.7 Å². The predicted octanol–water partition coefficient (Wildman–Crippen LogP) is 7.40. The monoisotopic (exact) mass is 481 g/mol. The Labute approximate surface area is 215 Å². The SMILES string of the molecule is C#Cc1ccccc1-c1ccc2c(C)nn(-c3cccc(CN)c3)c2c1F.c1ccc2c3cc-3cc2c1. The van der Waals surface area contributed by atoms with Crippen LogP contribution in [0.2, 0.25) is 0 Å². The molecule has 0 saturated carbocycles. The molecule has 178 valence electrons. The third kappa shape index (κ3) is 3.96. The zero-order valence-corrected chi connectivity index (χ0v) is 20.4. The second-order valence-electron chi connectivity index (χ2n) is 9.13. The second kappa shape index (κ2) is 9.05. The highest BCUT2D eigenvalue weighted by Crippen LogP contribution is 2.42. The Morgan fingerprint density at radius 2 is 1.65 bits per heavy atom. The van der Waals surface area contributed by atoms with Gasteiger partial charge < -0.3 is 5.73 Å². The highest BCUT2D eigenvalue weighted by molar-refractivity contribution is 6.09. The van der Waals surface area contributed by atoms with E-state index in [-0.39, 0.29) is 5.82 Å². The second-order valence-corrected chi connectivity index (χ2v) is 9.13. The fourth-order valence-electron chi connectivity index (χ4n) is 4.88. The number of fused-ring (bicyclic) bond motifs is 4. The Bertz CT molecular complexity index is 1860. The fraction of sp³-hybridized carbons (Fsp3) is 0.0606. The summed E-state index contributed by atoms with van der Waals surface area (Å²) in [5, 5.41) is 8.14. The van der Waals surface area contributed by atoms with Gasteiger partial charge in [-0.1, -0.05) is 72.7 Å². The minimum atomic E-state index is -0.339. The molecule has 37 heavy (non-hydrogen) atoms. The van der Waals surface area contributed by atoms with Gasteiger partial charge in [0.1, 0.15) is 5.52 Å². The quantitative estimate of drug-likeness (QED) is 0.267. The van der Waals surface area contributed by atoms with Gasteiger partial charge in [-0.25, -0.2) is 9.07 Å². The fourth-order valence-corrected chi connectivity index (χ4v) is 4.88. The molecule has 5 aromatic rings. The van der Waals surface area contributed by atoms with E-state index in [9.17, 15) is 0 Å². The summed E-state index contributed by atoms with van der Waals surface area (Å²) in [6, 6.07) is 31.7. The maximum atomic E-state index is 15.7. The molecule has 2 aliphatic rings. The maximum absolute atomic E-state index is 15.7. The molecule has 0 atom stereocenters. The normalized spacial score (nSPS) is 11.2. The molecule has 4 heteroatoms. The summed E-state index contributed by atoms with van der Waals surface area (Å²) >= 11 is 0. The molecule has 2 aliphatic carbocycles. The molecule has 0 unspecified atom stereocenters. The van der Waals surface area contributed by atoms with Gasteiger partial charge in [0.05, 0.1) is 11.4 Å². The van der Waals surface area contributed by atoms with Gasteiger partial charge in [0.25, 0.3) is 0 Å². The van der Waals surface area contributed by atoms with Gasteiger partial charge in [-0.15, -0.1) is 6.42 Å². The van der Waals surface area contributed by atoms with Crippen molar-refractivity contribution in [2.24, 2.45) is 5.73 Å². The average molecular weight is 482 g/mol. The average Bonchev–Trinajstić information content (AvgIpc) is 3.49. The Kier molecular flexibility index (Phi) is 5.56. The molecular formula is C33H24FN3. The van der Waals surface area contributed by atoms with E-state index in [2.05, 4.69) is 47.4 Å². The number of terminal acetylenes is 1. The number of benzene rings is 5. The van der Waals surface area contributed by atoms with Crippen LogP contribution in [-0.2, 0) is 6.54 Å². The Morgan fingerprint density at radius 3 is 2.46 bits per heavy atom. The molecule has 0 saturated heterocycles. The van der Waals surface area contributed by atoms with Crippen LogP contribution in [0, 0.1) is 25.1 Å². The molecular weight excluding hydrogens is 457 g/mol. The van der Waals surface area contributed by atoms with Gasteiger partial charge in [0.2, 0.25) is 0 Å². The number of aromatic nitrogens is 2. The largest absolute Gasteiger partial charge is 0.326 e. The van der Waals surface area contributed by atoms with Gasteiger partial charge in [0, 0.05) is 28.6 Å². The summed E-state index contributed by atoms with van der Waals surface area (Å²) in [5.41, 5.74) is 13.4. The third-order valence-electron chi connectivity index (χ3n) is 6.82. The lowest BCUT2D eigenvalue weighted by Gasteiger charge is -2.10. The highest BCUT2D eigenvalue weighted by atomic mass is 19.1. The lowest BCUT2D eigenvalue weighted by Crippen LogP contribution is -2.02. The van der Waals surface area contributed by atoms with Gasteiger partial charge in [-0.05, 0) is 64.7 Å². The third-order valence-corrected chi connectivity index (χ3v) is 6.82. The van der Waals surface area contributed by atoms with Crippen LogP contribution in [0.4, 0.5) is 4.39 Å². The predicted molar refractivity (Wildman–Crippen MR) is 150 cm³/mol. The van der Waals surface area contributed by atoms with Crippen LogP contribution >= 0.6 is 0 Å². The van der Waals surface area contributed by atoms with Crippen LogP contribution in [0.15, 0.2) is 97.1 Å². The Morgan fingerprint density at radius 1 is 0.838 bits per heavy atom. The zero-order chi connectivity index (χ0) is 25.5. The molecule has 0 spiro atoms. The van der Waals surface area contributed by atoms with Gasteiger partial charge in [0.15, 0.2) is 5.82 Å². The molecule has 3 nitrogen and oxygen atoms in total.